The van der Waals surface area contributed by atoms with Crippen LogP contribution in [0.5, 0.6) is 0 Å². The summed E-state index contributed by atoms with van der Waals surface area (Å²) in [4.78, 5) is 8.84. The molecule has 1 aromatic rings. The van der Waals surface area contributed by atoms with Crippen molar-refractivity contribution in [2.45, 2.75) is 32.7 Å². The van der Waals surface area contributed by atoms with Crippen LogP contribution in [0.3, 0.4) is 0 Å². The van der Waals surface area contributed by atoms with Crippen molar-refractivity contribution in [1.29, 1.82) is 0 Å². The average molecular weight is 525 g/mol. The monoisotopic (exact) mass is 524 g/mol. The van der Waals surface area contributed by atoms with Gasteiger partial charge in [0.1, 0.15) is 0 Å². The van der Waals surface area contributed by atoms with Gasteiger partial charge in [-0.1, -0.05) is 6.07 Å². The van der Waals surface area contributed by atoms with Crippen LogP contribution in [0.25, 0.3) is 0 Å². The zero-order chi connectivity index (χ0) is 19.2. The van der Waals surface area contributed by atoms with Gasteiger partial charge in [0.2, 0.25) is 0 Å². The van der Waals surface area contributed by atoms with Crippen LogP contribution in [-0.2, 0) is 16.0 Å². The first kappa shape index (κ1) is 25.6. The first-order valence-electron chi connectivity index (χ1n) is 10.2. The van der Waals surface area contributed by atoms with E-state index in [0.717, 1.165) is 45.2 Å². The number of nitrogens with one attached hydrogen (secondary N) is 2. The largest absolute Gasteiger partial charge is 0.382 e. The molecule has 0 radical (unpaired) electrons. The predicted octanol–water partition coefficient (Wildman–Crippen LogP) is 3.19. The van der Waals surface area contributed by atoms with Crippen LogP contribution in [0, 0.1) is 5.92 Å². The molecule has 8 heteroatoms. The molecule has 0 saturated carbocycles. The number of ether oxygens (including phenoxy) is 2. The topological polar surface area (TPSA) is 58.1 Å². The van der Waals surface area contributed by atoms with Crippen molar-refractivity contribution in [2.75, 3.05) is 59.7 Å². The van der Waals surface area contributed by atoms with E-state index in [1.807, 2.05) is 11.3 Å². The summed E-state index contributed by atoms with van der Waals surface area (Å²) in [5.74, 6) is 1.62. The van der Waals surface area contributed by atoms with E-state index in [1.165, 1.54) is 30.8 Å². The van der Waals surface area contributed by atoms with Crippen molar-refractivity contribution in [2.24, 2.45) is 10.9 Å². The molecule has 1 aliphatic heterocycles. The minimum absolute atomic E-state index is 0. The van der Waals surface area contributed by atoms with Gasteiger partial charge in [0.15, 0.2) is 5.96 Å². The summed E-state index contributed by atoms with van der Waals surface area (Å²) in [7, 11) is 1.69. The van der Waals surface area contributed by atoms with Crippen molar-refractivity contribution in [3.8, 4) is 0 Å². The highest BCUT2D eigenvalue weighted by molar-refractivity contribution is 14.0. The second-order valence-corrected chi connectivity index (χ2v) is 7.94. The third kappa shape index (κ3) is 10.9. The highest BCUT2D eigenvalue weighted by Crippen LogP contribution is 2.20. The summed E-state index contributed by atoms with van der Waals surface area (Å²) in [5.41, 5.74) is 0. The van der Waals surface area contributed by atoms with Gasteiger partial charge in [0, 0.05) is 44.8 Å². The Balaban J connectivity index is 0.00000392. The van der Waals surface area contributed by atoms with E-state index in [-0.39, 0.29) is 24.0 Å². The van der Waals surface area contributed by atoms with Gasteiger partial charge in [0.05, 0.1) is 13.2 Å². The zero-order valence-electron chi connectivity index (χ0n) is 17.3. The number of hydrogen-bond donors (Lipinski definition) is 2. The normalized spacial score (nSPS) is 16.0. The number of hydrogen-bond acceptors (Lipinski definition) is 5. The van der Waals surface area contributed by atoms with Crippen LogP contribution in [0.15, 0.2) is 22.5 Å². The second-order valence-electron chi connectivity index (χ2n) is 6.90. The molecule has 0 aromatic carbocycles. The van der Waals surface area contributed by atoms with Gasteiger partial charge >= 0.3 is 0 Å². The number of rotatable bonds is 12. The van der Waals surface area contributed by atoms with Crippen molar-refractivity contribution >= 4 is 41.3 Å². The molecule has 0 atom stereocenters. The van der Waals surface area contributed by atoms with Crippen LogP contribution in [0.4, 0.5) is 0 Å². The Morgan fingerprint density at radius 1 is 1.25 bits per heavy atom. The Labute approximate surface area is 191 Å². The number of likely N-dealkylation sites (tertiary alicyclic amines) is 1. The summed E-state index contributed by atoms with van der Waals surface area (Å²) in [6, 6.07) is 4.38. The van der Waals surface area contributed by atoms with Gasteiger partial charge in [-0.2, -0.15) is 0 Å². The third-order valence-corrected chi connectivity index (χ3v) is 5.57. The number of thiophene rings is 1. The Kier molecular flexibility index (Phi) is 15.0. The lowest BCUT2D eigenvalue weighted by Crippen LogP contribution is -2.39. The number of aliphatic imine (C=N–C) groups is 1. The minimum atomic E-state index is 0. The number of piperidine rings is 1. The van der Waals surface area contributed by atoms with Gasteiger partial charge in [-0.25, -0.2) is 0 Å². The third-order valence-electron chi connectivity index (χ3n) is 4.71. The molecular formula is C20H37IN4O2S. The maximum Gasteiger partial charge on any atom is 0.191 e. The quantitative estimate of drug-likeness (QED) is 0.191. The highest BCUT2D eigenvalue weighted by Gasteiger charge is 2.19. The van der Waals surface area contributed by atoms with Crippen LogP contribution in [-0.4, -0.2) is 70.5 Å². The molecule has 0 unspecified atom stereocenters. The van der Waals surface area contributed by atoms with Crippen molar-refractivity contribution in [3.63, 3.8) is 0 Å². The maximum atomic E-state index is 5.49. The van der Waals surface area contributed by atoms with Gasteiger partial charge < -0.3 is 20.1 Å². The smallest absolute Gasteiger partial charge is 0.191 e. The molecule has 0 spiro atoms. The highest BCUT2D eigenvalue weighted by atomic mass is 127. The van der Waals surface area contributed by atoms with Gasteiger partial charge in [-0.3, -0.25) is 9.89 Å². The van der Waals surface area contributed by atoms with Gasteiger partial charge in [-0.15, -0.1) is 35.3 Å². The lowest BCUT2D eigenvalue weighted by molar-refractivity contribution is 0.0698. The molecule has 2 heterocycles. The molecule has 1 aliphatic rings. The standard InChI is InChI=1S/C20H36N4O2S.HI/c1-3-21-20(22-9-5-12-26-14-13-25-2)23-16-18-7-10-24(11-8-18)17-19-6-4-15-27-19;/h4,6,15,18H,3,5,7-14,16-17H2,1-2H3,(H2,21,22,23);1H. The van der Waals surface area contributed by atoms with E-state index in [9.17, 15) is 0 Å². The average Bonchev–Trinajstić information content (AvgIpc) is 3.19. The van der Waals surface area contributed by atoms with E-state index >= 15 is 0 Å². The van der Waals surface area contributed by atoms with E-state index in [0.29, 0.717) is 19.1 Å². The lowest BCUT2D eigenvalue weighted by Gasteiger charge is -2.31. The van der Waals surface area contributed by atoms with Crippen LogP contribution < -0.4 is 10.6 Å². The first-order valence-corrected chi connectivity index (χ1v) is 11.0. The minimum Gasteiger partial charge on any atom is -0.382 e. The molecule has 0 aliphatic carbocycles. The molecule has 28 heavy (non-hydrogen) atoms. The molecule has 2 rings (SSSR count). The Morgan fingerprint density at radius 2 is 2.07 bits per heavy atom. The summed E-state index contributed by atoms with van der Waals surface area (Å²) < 4.78 is 10.5. The van der Waals surface area contributed by atoms with E-state index < -0.39 is 0 Å². The number of methoxy groups -OCH3 is 1. The van der Waals surface area contributed by atoms with Crippen LogP contribution in [0.2, 0.25) is 0 Å². The molecule has 1 aromatic heterocycles. The Hall–Kier alpha value is -0.420. The molecule has 1 saturated heterocycles. The van der Waals surface area contributed by atoms with Crippen molar-refractivity contribution in [3.05, 3.63) is 22.4 Å². The summed E-state index contributed by atoms with van der Waals surface area (Å²) in [5, 5.41) is 8.91. The number of nitrogens with zero attached hydrogens (tertiary/aromatic N) is 2. The summed E-state index contributed by atoms with van der Waals surface area (Å²) in [6.45, 7) is 10.3. The molecular weight excluding hydrogens is 487 g/mol. The van der Waals surface area contributed by atoms with E-state index in [2.05, 4.69) is 40.0 Å². The summed E-state index contributed by atoms with van der Waals surface area (Å²) in [6.07, 6.45) is 3.44. The van der Waals surface area contributed by atoms with Gasteiger partial charge in [0.25, 0.3) is 0 Å². The summed E-state index contributed by atoms with van der Waals surface area (Å²) >= 11 is 1.86. The molecule has 2 N–H and O–H groups in total. The van der Waals surface area contributed by atoms with Crippen molar-refractivity contribution in [1.82, 2.24) is 15.5 Å². The van der Waals surface area contributed by atoms with Crippen molar-refractivity contribution < 1.29 is 9.47 Å². The van der Waals surface area contributed by atoms with Gasteiger partial charge in [-0.05, 0) is 56.6 Å². The zero-order valence-corrected chi connectivity index (χ0v) is 20.5. The lowest BCUT2D eigenvalue weighted by atomic mass is 9.97. The molecule has 0 bridgehead atoms. The Bertz CT molecular complexity index is 508. The Morgan fingerprint density at radius 3 is 2.75 bits per heavy atom. The first-order chi connectivity index (χ1) is 13.3. The fourth-order valence-corrected chi connectivity index (χ4v) is 3.88. The fourth-order valence-electron chi connectivity index (χ4n) is 3.14. The van der Waals surface area contributed by atoms with E-state index in [4.69, 9.17) is 14.5 Å². The fraction of sp³-hybridized carbons (Fsp3) is 0.750. The van der Waals surface area contributed by atoms with Crippen LogP contribution >= 0.6 is 35.3 Å². The molecule has 162 valence electrons. The number of halogens is 1. The maximum absolute atomic E-state index is 5.49. The van der Waals surface area contributed by atoms with Crippen LogP contribution in [0.1, 0.15) is 31.1 Å². The number of guanidine groups is 1. The SMILES string of the molecule is CCNC(=NCC1CCN(Cc2cccs2)CC1)NCCCOCCOC.I. The molecule has 0 amide bonds. The molecule has 6 nitrogen and oxygen atoms in total. The van der Waals surface area contributed by atoms with E-state index in [1.54, 1.807) is 7.11 Å². The molecule has 1 fully saturated rings. The second kappa shape index (κ2) is 16.4. The predicted molar refractivity (Wildman–Crippen MR) is 129 cm³/mol.